The second-order valence-electron chi connectivity index (χ2n) is 5.44. The van der Waals surface area contributed by atoms with Gasteiger partial charge in [-0.15, -0.1) is 0 Å². The van der Waals surface area contributed by atoms with E-state index < -0.39 is 0 Å². The number of nitrogens with one attached hydrogen (secondary N) is 1. The van der Waals surface area contributed by atoms with E-state index in [1.807, 2.05) is 4.90 Å². The molecule has 0 aromatic heterocycles. The molecule has 1 fully saturated rings. The minimum atomic E-state index is -0.295. The second kappa shape index (κ2) is 6.05. The van der Waals surface area contributed by atoms with Crippen molar-refractivity contribution in [2.24, 2.45) is 0 Å². The van der Waals surface area contributed by atoms with Crippen molar-refractivity contribution in [2.45, 2.75) is 12.8 Å². The highest BCUT2D eigenvalue weighted by molar-refractivity contribution is 6.01. The van der Waals surface area contributed by atoms with Crippen LogP contribution in [0.15, 0.2) is 42.5 Å². The summed E-state index contributed by atoms with van der Waals surface area (Å²) in [5.41, 5.74) is 8.33. The smallest absolute Gasteiger partial charge is 0.256 e. The van der Waals surface area contributed by atoms with Crippen molar-refractivity contribution in [3.05, 3.63) is 53.8 Å². The molecule has 1 aliphatic heterocycles. The Hall–Kier alpha value is -2.56. The molecule has 1 heterocycles. The summed E-state index contributed by atoms with van der Waals surface area (Å²) in [6, 6.07) is 11.2. The quantitative estimate of drug-likeness (QED) is 0.854. The van der Waals surface area contributed by atoms with Crippen LogP contribution in [0.25, 0.3) is 0 Å². The summed E-state index contributed by atoms with van der Waals surface area (Å²) in [7, 11) is 0. The maximum Gasteiger partial charge on any atom is 0.256 e. The second-order valence-corrected chi connectivity index (χ2v) is 5.44. The molecular formula is C17H18FN3O. The fourth-order valence-electron chi connectivity index (χ4n) is 2.63. The Balaban J connectivity index is 1.90. The van der Waals surface area contributed by atoms with Crippen LogP contribution in [0.5, 0.6) is 0 Å². The molecule has 22 heavy (non-hydrogen) atoms. The van der Waals surface area contributed by atoms with E-state index in [-0.39, 0.29) is 11.7 Å². The number of halogens is 1. The standard InChI is InChI=1S/C17H18FN3O/c18-12-3-6-14(7-4-12)20-16-8-5-13(19)11-15(16)17(22)21-9-1-2-10-21/h3-8,11,20H,1-2,9-10,19H2. The fourth-order valence-corrected chi connectivity index (χ4v) is 2.63. The van der Waals surface area contributed by atoms with Gasteiger partial charge in [-0.2, -0.15) is 0 Å². The Morgan fingerprint density at radius 1 is 1.09 bits per heavy atom. The molecule has 1 saturated heterocycles. The van der Waals surface area contributed by atoms with Gasteiger partial charge in [0, 0.05) is 24.5 Å². The molecule has 0 atom stereocenters. The van der Waals surface area contributed by atoms with Crippen LogP contribution >= 0.6 is 0 Å². The Kier molecular flexibility index (Phi) is 3.96. The van der Waals surface area contributed by atoms with Crippen molar-refractivity contribution in [1.82, 2.24) is 4.90 Å². The summed E-state index contributed by atoms with van der Waals surface area (Å²) in [5.74, 6) is -0.314. The third kappa shape index (κ3) is 3.03. The zero-order chi connectivity index (χ0) is 15.5. The highest BCUT2D eigenvalue weighted by atomic mass is 19.1. The molecule has 0 unspecified atom stereocenters. The maximum absolute atomic E-state index is 13.0. The van der Waals surface area contributed by atoms with E-state index in [0.717, 1.165) is 31.6 Å². The van der Waals surface area contributed by atoms with Crippen molar-refractivity contribution in [2.75, 3.05) is 24.1 Å². The van der Waals surface area contributed by atoms with Crippen LogP contribution < -0.4 is 11.1 Å². The van der Waals surface area contributed by atoms with Crippen LogP contribution in [-0.2, 0) is 0 Å². The van der Waals surface area contributed by atoms with Gasteiger partial charge in [0.1, 0.15) is 5.82 Å². The summed E-state index contributed by atoms with van der Waals surface area (Å²) in [6.07, 6.45) is 2.07. The van der Waals surface area contributed by atoms with E-state index in [0.29, 0.717) is 16.9 Å². The Bertz CT molecular complexity index is 679. The van der Waals surface area contributed by atoms with E-state index in [1.165, 1.54) is 12.1 Å². The zero-order valence-corrected chi connectivity index (χ0v) is 12.2. The van der Waals surface area contributed by atoms with Crippen molar-refractivity contribution in [3.8, 4) is 0 Å². The van der Waals surface area contributed by atoms with E-state index in [4.69, 9.17) is 5.73 Å². The first-order valence-corrected chi connectivity index (χ1v) is 7.35. The van der Waals surface area contributed by atoms with E-state index in [9.17, 15) is 9.18 Å². The predicted octanol–water partition coefficient (Wildman–Crippen LogP) is 3.39. The number of hydrogen-bond donors (Lipinski definition) is 2. The molecule has 3 rings (SSSR count). The average molecular weight is 299 g/mol. The molecule has 0 radical (unpaired) electrons. The molecule has 0 aliphatic carbocycles. The number of nitrogen functional groups attached to an aromatic ring is 1. The van der Waals surface area contributed by atoms with Gasteiger partial charge >= 0.3 is 0 Å². The number of nitrogens with zero attached hydrogens (tertiary/aromatic N) is 1. The third-order valence-electron chi connectivity index (χ3n) is 3.79. The Morgan fingerprint density at radius 3 is 2.45 bits per heavy atom. The number of likely N-dealkylation sites (tertiary alicyclic amines) is 1. The molecule has 2 aromatic carbocycles. The van der Waals surface area contributed by atoms with Gasteiger partial charge in [0.2, 0.25) is 0 Å². The number of carbonyl (C=O) groups excluding carboxylic acids is 1. The van der Waals surface area contributed by atoms with Gasteiger partial charge in [0.15, 0.2) is 0 Å². The molecule has 2 aromatic rings. The molecule has 1 aliphatic rings. The number of rotatable bonds is 3. The molecule has 0 saturated carbocycles. The summed E-state index contributed by atoms with van der Waals surface area (Å²) in [4.78, 5) is 14.5. The summed E-state index contributed by atoms with van der Waals surface area (Å²) >= 11 is 0. The SMILES string of the molecule is Nc1ccc(Nc2ccc(F)cc2)c(C(=O)N2CCCC2)c1. The number of anilines is 3. The maximum atomic E-state index is 13.0. The lowest BCUT2D eigenvalue weighted by molar-refractivity contribution is 0.0794. The third-order valence-corrected chi connectivity index (χ3v) is 3.79. The largest absolute Gasteiger partial charge is 0.399 e. The number of hydrogen-bond acceptors (Lipinski definition) is 3. The van der Waals surface area contributed by atoms with Gasteiger partial charge in [-0.05, 0) is 55.3 Å². The van der Waals surface area contributed by atoms with Crippen LogP contribution in [0.3, 0.4) is 0 Å². The Morgan fingerprint density at radius 2 is 1.77 bits per heavy atom. The number of nitrogens with two attached hydrogens (primary N) is 1. The monoisotopic (exact) mass is 299 g/mol. The Labute approximate surface area is 128 Å². The van der Waals surface area contributed by atoms with Gasteiger partial charge in [0.25, 0.3) is 5.91 Å². The molecule has 0 bridgehead atoms. The van der Waals surface area contributed by atoms with E-state index in [1.54, 1.807) is 30.3 Å². The minimum absolute atomic E-state index is 0.0191. The number of benzene rings is 2. The molecule has 0 spiro atoms. The zero-order valence-electron chi connectivity index (χ0n) is 12.2. The lowest BCUT2D eigenvalue weighted by Gasteiger charge is -2.19. The van der Waals surface area contributed by atoms with Gasteiger partial charge in [-0.3, -0.25) is 4.79 Å². The average Bonchev–Trinajstić information content (AvgIpc) is 3.05. The predicted molar refractivity (Wildman–Crippen MR) is 85.7 cm³/mol. The van der Waals surface area contributed by atoms with Crippen molar-refractivity contribution >= 4 is 23.0 Å². The summed E-state index contributed by atoms with van der Waals surface area (Å²) in [5, 5.41) is 3.16. The molecule has 4 nitrogen and oxygen atoms in total. The highest BCUT2D eigenvalue weighted by Crippen LogP contribution is 2.26. The van der Waals surface area contributed by atoms with Gasteiger partial charge in [-0.25, -0.2) is 4.39 Å². The van der Waals surface area contributed by atoms with Crippen LogP contribution in [0.2, 0.25) is 0 Å². The van der Waals surface area contributed by atoms with Crippen LogP contribution in [0.1, 0.15) is 23.2 Å². The van der Waals surface area contributed by atoms with E-state index in [2.05, 4.69) is 5.32 Å². The first kappa shape index (κ1) is 14.4. The topological polar surface area (TPSA) is 58.4 Å². The van der Waals surface area contributed by atoms with E-state index >= 15 is 0 Å². The van der Waals surface area contributed by atoms with Crippen molar-refractivity contribution in [1.29, 1.82) is 0 Å². The lowest BCUT2D eigenvalue weighted by Crippen LogP contribution is -2.28. The molecule has 114 valence electrons. The normalized spacial score (nSPS) is 14.1. The van der Waals surface area contributed by atoms with Crippen LogP contribution in [0, 0.1) is 5.82 Å². The van der Waals surface area contributed by atoms with Gasteiger partial charge < -0.3 is 16.0 Å². The minimum Gasteiger partial charge on any atom is -0.399 e. The van der Waals surface area contributed by atoms with Gasteiger partial charge in [-0.1, -0.05) is 0 Å². The molecule has 3 N–H and O–H groups in total. The van der Waals surface area contributed by atoms with Crippen LogP contribution in [0.4, 0.5) is 21.5 Å². The highest BCUT2D eigenvalue weighted by Gasteiger charge is 2.22. The molecule has 5 heteroatoms. The molecule has 1 amide bonds. The lowest BCUT2D eigenvalue weighted by atomic mass is 10.1. The summed E-state index contributed by atoms with van der Waals surface area (Å²) in [6.45, 7) is 1.56. The number of carbonyl (C=O) groups is 1. The molecular weight excluding hydrogens is 281 g/mol. The summed E-state index contributed by atoms with van der Waals surface area (Å²) < 4.78 is 13.0. The first-order valence-electron chi connectivity index (χ1n) is 7.35. The fraction of sp³-hybridized carbons (Fsp3) is 0.235. The number of amides is 1. The first-order chi connectivity index (χ1) is 10.6. The van der Waals surface area contributed by atoms with Gasteiger partial charge in [0.05, 0.1) is 11.3 Å². The van der Waals surface area contributed by atoms with Crippen molar-refractivity contribution < 1.29 is 9.18 Å². The van der Waals surface area contributed by atoms with Crippen LogP contribution in [-0.4, -0.2) is 23.9 Å². The van der Waals surface area contributed by atoms with Crippen molar-refractivity contribution in [3.63, 3.8) is 0 Å².